The Kier molecular flexibility index (Phi) is 14.0. The second-order valence-corrected chi connectivity index (χ2v) is 14.7. The molecule has 11 nitrogen and oxygen atoms in total. The molecule has 3 aromatic carbocycles. The number of halogens is 1. The van der Waals surface area contributed by atoms with E-state index >= 15 is 0 Å². The van der Waals surface area contributed by atoms with Crippen molar-refractivity contribution < 1.29 is 28.6 Å². The Morgan fingerprint density at radius 1 is 0.889 bits per heavy atom. The first-order valence-corrected chi connectivity index (χ1v) is 19.0. The Balaban J connectivity index is 1.45. The molecule has 0 aliphatic rings. The Bertz CT molecular complexity index is 2000. The highest BCUT2D eigenvalue weighted by Crippen LogP contribution is 2.28. The molecule has 0 bridgehead atoms. The van der Waals surface area contributed by atoms with Gasteiger partial charge < -0.3 is 35.1 Å². The first-order chi connectivity index (χ1) is 25.9. The average Bonchev–Trinajstić information content (AvgIpc) is 3.61. The number of carbonyl (C=O) groups is 3. The fourth-order valence-electron chi connectivity index (χ4n) is 5.72. The zero-order chi connectivity index (χ0) is 38.7. The molecular weight excluding hydrogens is 726 g/mol. The van der Waals surface area contributed by atoms with Crippen LogP contribution in [0.4, 0.5) is 16.2 Å². The minimum atomic E-state index is -1.05. The molecule has 0 aliphatic heterocycles. The molecule has 13 heteroatoms. The lowest BCUT2D eigenvalue weighted by atomic mass is 10.0. The lowest BCUT2D eigenvalue weighted by molar-refractivity contribution is -0.136. The molecule has 0 saturated heterocycles. The van der Waals surface area contributed by atoms with Gasteiger partial charge >= 0.3 is 6.03 Å². The molecule has 0 fully saturated rings. The maximum absolute atomic E-state index is 15.0. The normalized spacial score (nSPS) is 12.0. The molecular formula is C41H46ClN5O6S. The molecule has 54 heavy (non-hydrogen) atoms. The number of hydrogen-bond acceptors (Lipinski definition) is 8. The van der Waals surface area contributed by atoms with E-state index in [0.29, 0.717) is 40.9 Å². The van der Waals surface area contributed by atoms with Crippen molar-refractivity contribution in [2.75, 3.05) is 30.0 Å². The lowest BCUT2D eigenvalue weighted by Crippen LogP contribution is -2.52. The van der Waals surface area contributed by atoms with Crippen molar-refractivity contribution in [2.24, 2.45) is 0 Å². The predicted molar refractivity (Wildman–Crippen MR) is 215 cm³/mol. The van der Waals surface area contributed by atoms with Crippen LogP contribution in [0.15, 0.2) is 96.5 Å². The van der Waals surface area contributed by atoms with E-state index in [1.54, 1.807) is 34.7 Å². The zero-order valence-electron chi connectivity index (χ0n) is 31.1. The highest BCUT2D eigenvalue weighted by molar-refractivity contribution is 7.12. The monoisotopic (exact) mass is 771 g/mol. The highest BCUT2D eigenvalue weighted by Gasteiger charge is 2.32. The lowest BCUT2D eigenvalue weighted by Gasteiger charge is -2.31. The number of thiophene rings is 1. The summed E-state index contributed by atoms with van der Waals surface area (Å²) in [6.07, 6.45) is 1.08. The summed E-state index contributed by atoms with van der Waals surface area (Å²) in [5.74, 6) is -0.236. The maximum Gasteiger partial charge on any atom is 0.319 e. The number of benzene rings is 3. The molecule has 2 aromatic heterocycles. The summed E-state index contributed by atoms with van der Waals surface area (Å²) in [6.45, 7) is 10.7. The Morgan fingerprint density at radius 2 is 1.57 bits per heavy atom. The number of hydrogen-bond donors (Lipinski definition) is 3. The van der Waals surface area contributed by atoms with E-state index in [4.69, 9.17) is 25.8 Å². The Labute approximate surface area is 325 Å². The molecule has 4 amide bonds. The third-order valence-corrected chi connectivity index (χ3v) is 9.25. The maximum atomic E-state index is 15.0. The number of anilines is 2. The number of para-hydroxylation sites is 1. The molecule has 5 rings (SSSR count). The molecule has 0 spiro atoms. The Hall–Kier alpha value is -5.01. The van der Waals surface area contributed by atoms with E-state index < -0.39 is 35.8 Å². The third-order valence-electron chi connectivity index (χ3n) is 8.08. The molecule has 0 radical (unpaired) electrons. The molecule has 0 saturated carbocycles. The molecule has 0 unspecified atom stereocenters. The number of rotatable bonds is 16. The summed E-state index contributed by atoms with van der Waals surface area (Å²) in [5, 5.41) is 11.7. The number of nitrogens with one attached hydrogen (secondary N) is 3. The van der Waals surface area contributed by atoms with Gasteiger partial charge in [-0.2, -0.15) is 0 Å². The van der Waals surface area contributed by atoms with Gasteiger partial charge in [-0.25, -0.2) is 4.79 Å². The van der Waals surface area contributed by atoms with Gasteiger partial charge in [0.2, 0.25) is 5.91 Å². The van der Waals surface area contributed by atoms with Gasteiger partial charge in [0.05, 0.1) is 23.4 Å². The van der Waals surface area contributed by atoms with E-state index in [2.05, 4.69) is 20.9 Å². The fourth-order valence-corrected chi connectivity index (χ4v) is 6.59. The number of ether oxygens (including phenoxy) is 3. The van der Waals surface area contributed by atoms with Crippen LogP contribution < -0.4 is 25.6 Å². The van der Waals surface area contributed by atoms with Gasteiger partial charge in [-0.3, -0.25) is 14.6 Å². The molecule has 284 valence electrons. The minimum Gasteiger partial charge on any atom is -0.488 e. The van der Waals surface area contributed by atoms with Crippen LogP contribution in [0.2, 0.25) is 5.02 Å². The summed E-state index contributed by atoms with van der Waals surface area (Å²) < 4.78 is 17.8. The van der Waals surface area contributed by atoms with Crippen LogP contribution in [0.5, 0.6) is 5.75 Å². The van der Waals surface area contributed by atoms with Gasteiger partial charge in [-0.05, 0) is 93.6 Å². The summed E-state index contributed by atoms with van der Waals surface area (Å²) in [5.41, 5.74) is 2.73. The van der Waals surface area contributed by atoms with Gasteiger partial charge in [0.15, 0.2) is 6.29 Å². The first-order valence-electron chi connectivity index (χ1n) is 17.8. The Morgan fingerprint density at radius 3 is 2.26 bits per heavy atom. The minimum absolute atomic E-state index is 0.0422. The van der Waals surface area contributed by atoms with Gasteiger partial charge in [-0.1, -0.05) is 54.1 Å². The molecule has 1 atom stereocenters. The van der Waals surface area contributed by atoms with E-state index in [9.17, 15) is 14.4 Å². The van der Waals surface area contributed by atoms with E-state index in [-0.39, 0.29) is 24.4 Å². The van der Waals surface area contributed by atoms with Crippen molar-refractivity contribution in [2.45, 2.75) is 65.5 Å². The standard InChI is InChI=1S/C41H46ClN5O6S/c1-6-51-35(52-7-2)26-47(34-12-8-10-29-11-9-22-43-36(29)34)39(49)33(24-27-15-19-31(20-16-27)53-41(3,4)5)45-38(48)37-32(21-23-54-37)46-40(50)44-25-28-13-17-30(42)18-14-28/h8-23,33,35H,6-7,24-26H2,1-5H3,(H,45,48)(H2,44,46,50)/t33-/m0/s1. The van der Waals surface area contributed by atoms with E-state index in [1.807, 2.05) is 101 Å². The second-order valence-electron chi connectivity index (χ2n) is 13.3. The van der Waals surface area contributed by atoms with Crippen molar-refractivity contribution >= 4 is 63.1 Å². The van der Waals surface area contributed by atoms with Gasteiger partial charge in [0.25, 0.3) is 5.91 Å². The number of carbonyl (C=O) groups excluding carboxylic acids is 3. The number of urea groups is 1. The fraction of sp³-hybridized carbons (Fsp3) is 0.317. The number of pyridine rings is 1. The first kappa shape index (κ1) is 40.2. The topological polar surface area (TPSA) is 131 Å². The van der Waals surface area contributed by atoms with Crippen LogP contribution in [0.3, 0.4) is 0 Å². The van der Waals surface area contributed by atoms with Gasteiger partial charge in [0.1, 0.15) is 22.3 Å². The average molecular weight is 772 g/mol. The predicted octanol–water partition coefficient (Wildman–Crippen LogP) is 8.22. The largest absolute Gasteiger partial charge is 0.488 e. The van der Waals surface area contributed by atoms with Gasteiger partial charge in [-0.15, -0.1) is 11.3 Å². The van der Waals surface area contributed by atoms with Crippen molar-refractivity contribution in [1.29, 1.82) is 0 Å². The molecule has 5 aromatic rings. The smallest absolute Gasteiger partial charge is 0.319 e. The van der Waals surface area contributed by atoms with Crippen LogP contribution in [0, 0.1) is 0 Å². The molecule has 0 aliphatic carbocycles. The zero-order valence-corrected chi connectivity index (χ0v) is 32.6. The number of amides is 4. The van der Waals surface area contributed by atoms with E-state index in [1.165, 1.54) is 0 Å². The number of fused-ring (bicyclic) bond motifs is 1. The van der Waals surface area contributed by atoms with Gasteiger partial charge in [0, 0.05) is 42.8 Å². The molecule has 3 N–H and O–H groups in total. The van der Waals surface area contributed by atoms with Crippen LogP contribution >= 0.6 is 22.9 Å². The van der Waals surface area contributed by atoms with Crippen molar-refractivity contribution in [3.05, 3.63) is 118 Å². The van der Waals surface area contributed by atoms with Crippen molar-refractivity contribution in [3.8, 4) is 5.75 Å². The van der Waals surface area contributed by atoms with Crippen LogP contribution in [-0.2, 0) is 27.2 Å². The van der Waals surface area contributed by atoms with Crippen LogP contribution in [-0.4, -0.2) is 60.5 Å². The second kappa shape index (κ2) is 18.8. The summed E-state index contributed by atoms with van der Waals surface area (Å²) in [4.78, 5) is 48.4. The molecule has 2 heterocycles. The summed E-state index contributed by atoms with van der Waals surface area (Å²) in [6, 6.07) is 24.0. The highest BCUT2D eigenvalue weighted by atomic mass is 35.5. The number of aromatic nitrogens is 1. The van der Waals surface area contributed by atoms with Crippen molar-refractivity contribution in [1.82, 2.24) is 15.6 Å². The number of nitrogens with zero attached hydrogens (tertiary/aromatic N) is 2. The van der Waals surface area contributed by atoms with Crippen molar-refractivity contribution in [3.63, 3.8) is 0 Å². The quantitative estimate of drug-likeness (QED) is 0.0862. The van der Waals surface area contributed by atoms with Crippen LogP contribution in [0.1, 0.15) is 55.4 Å². The third kappa shape index (κ3) is 11.3. The summed E-state index contributed by atoms with van der Waals surface area (Å²) in [7, 11) is 0. The van der Waals surface area contributed by atoms with E-state index in [0.717, 1.165) is 27.8 Å². The van der Waals surface area contributed by atoms with Crippen LogP contribution in [0.25, 0.3) is 10.9 Å². The summed E-state index contributed by atoms with van der Waals surface area (Å²) >= 11 is 7.14. The SMILES string of the molecule is CCOC(CN(C(=O)[C@H](Cc1ccc(OC(C)(C)C)cc1)NC(=O)c1sccc1NC(=O)NCc1ccc(Cl)cc1)c1cccc2cccnc12)OCC.